The van der Waals surface area contributed by atoms with Crippen LogP contribution < -0.4 is 0 Å². The third kappa shape index (κ3) is 2.98. The van der Waals surface area contributed by atoms with E-state index in [4.69, 9.17) is 0 Å². The van der Waals surface area contributed by atoms with Gasteiger partial charge >= 0.3 is 0 Å². The van der Waals surface area contributed by atoms with Gasteiger partial charge in [-0.2, -0.15) is 0 Å². The number of nitrogens with zero attached hydrogens (tertiary/aromatic N) is 2. The van der Waals surface area contributed by atoms with E-state index < -0.39 is 0 Å². The topological polar surface area (TPSA) is 6.48 Å². The predicted octanol–water partition coefficient (Wildman–Crippen LogP) is 2.74. The van der Waals surface area contributed by atoms with Gasteiger partial charge in [0.1, 0.15) is 0 Å². The van der Waals surface area contributed by atoms with Crippen molar-refractivity contribution >= 4 is 0 Å². The molecule has 2 saturated heterocycles. The summed E-state index contributed by atoms with van der Waals surface area (Å²) in [4.78, 5) is 5.43. The first-order chi connectivity index (χ1) is 7.57. The summed E-state index contributed by atoms with van der Waals surface area (Å²) in [6.45, 7) is 12.4. The smallest absolute Gasteiger partial charge is 0.0223 e. The van der Waals surface area contributed by atoms with Crippen LogP contribution in [0.1, 0.15) is 52.9 Å². The molecule has 94 valence electrons. The predicted molar refractivity (Wildman–Crippen MR) is 69.8 cm³/mol. The third-order valence-electron chi connectivity index (χ3n) is 4.25. The molecule has 16 heavy (non-hydrogen) atoms. The molecule has 0 radical (unpaired) electrons. The zero-order valence-electron chi connectivity index (χ0n) is 11.3. The molecule has 0 bridgehead atoms. The molecule has 1 atom stereocenters. The summed E-state index contributed by atoms with van der Waals surface area (Å²) in [6.07, 6.45) is 7.11. The van der Waals surface area contributed by atoms with Crippen molar-refractivity contribution in [1.82, 2.24) is 9.80 Å². The fraction of sp³-hybridized carbons (Fsp3) is 1.00. The van der Waals surface area contributed by atoms with Crippen molar-refractivity contribution in [2.24, 2.45) is 0 Å². The van der Waals surface area contributed by atoms with Gasteiger partial charge in [-0.05, 0) is 66.1 Å². The average molecular weight is 224 g/mol. The average Bonchev–Trinajstić information content (AvgIpc) is 2.29. The SMILES string of the molecule is CC(C)(C)N1CCCC(N2CCCCC2)C1. The van der Waals surface area contributed by atoms with Gasteiger partial charge in [0, 0.05) is 18.1 Å². The minimum Gasteiger partial charge on any atom is -0.299 e. The molecule has 0 aromatic rings. The Morgan fingerprint density at radius 1 is 0.875 bits per heavy atom. The monoisotopic (exact) mass is 224 g/mol. The van der Waals surface area contributed by atoms with Crippen LogP contribution >= 0.6 is 0 Å². The Kier molecular flexibility index (Phi) is 3.91. The van der Waals surface area contributed by atoms with Crippen LogP contribution in [-0.2, 0) is 0 Å². The van der Waals surface area contributed by atoms with Gasteiger partial charge in [-0.3, -0.25) is 9.80 Å². The molecule has 0 amide bonds. The van der Waals surface area contributed by atoms with E-state index >= 15 is 0 Å². The Balaban J connectivity index is 1.90. The molecule has 2 heterocycles. The molecule has 2 rings (SSSR count). The first kappa shape index (κ1) is 12.4. The van der Waals surface area contributed by atoms with Crippen LogP contribution in [0.4, 0.5) is 0 Å². The Hall–Kier alpha value is -0.0800. The second-order valence-corrected chi connectivity index (χ2v) is 6.51. The van der Waals surface area contributed by atoms with Crippen molar-refractivity contribution in [1.29, 1.82) is 0 Å². The van der Waals surface area contributed by atoms with E-state index in [1.54, 1.807) is 0 Å². The van der Waals surface area contributed by atoms with Crippen molar-refractivity contribution in [2.45, 2.75) is 64.5 Å². The molecular formula is C14H28N2. The van der Waals surface area contributed by atoms with E-state index in [0.29, 0.717) is 5.54 Å². The van der Waals surface area contributed by atoms with Crippen LogP contribution in [0.5, 0.6) is 0 Å². The number of rotatable bonds is 1. The number of hydrogen-bond donors (Lipinski definition) is 0. The van der Waals surface area contributed by atoms with Crippen LogP contribution in [-0.4, -0.2) is 47.6 Å². The molecule has 0 spiro atoms. The zero-order valence-corrected chi connectivity index (χ0v) is 11.3. The normalized spacial score (nSPS) is 30.6. The van der Waals surface area contributed by atoms with Gasteiger partial charge in [0.2, 0.25) is 0 Å². The summed E-state index contributed by atoms with van der Waals surface area (Å²) in [6, 6.07) is 0.841. The van der Waals surface area contributed by atoms with Crippen molar-refractivity contribution in [3.05, 3.63) is 0 Å². The van der Waals surface area contributed by atoms with Gasteiger partial charge in [-0.1, -0.05) is 6.42 Å². The maximum absolute atomic E-state index is 2.75. The molecule has 2 aliphatic heterocycles. The lowest BCUT2D eigenvalue weighted by Gasteiger charge is -2.45. The summed E-state index contributed by atoms with van der Waals surface area (Å²) in [5.41, 5.74) is 0.356. The third-order valence-corrected chi connectivity index (χ3v) is 4.25. The van der Waals surface area contributed by atoms with Crippen molar-refractivity contribution in [2.75, 3.05) is 26.2 Å². The van der Waals surface area contributed by atoms with Gasteiger partial charge in [-0.15, -0.1) is 0 Å². The molecular weight excluding hydrogens is 196 g/mol. The summed E-state index contributed by atoms with van der Waals surface area (Å²) >= 11 is 0. The maximum atomic E-state index is 2.75. The molecule has 0 N–H and O–H groups in total. The Morgan fingerprint density at radius 2 is 1.56 bits per heavy atom. The van der Waals surface area contributed by atoms with Gasteiger partial charge in [-0.25, -0.2) is 0 Å². The lowest BCUT2D eigenvalue weighted by molar-refractivity contribution is 0.0360. The largest absolute Gasteiger partial charge is 0.299 e. The lowest BCUT2D eigenvalue weighted by Crippen LogP contribution is -2.54. The summed E-state index contributed by atoms with van der Waals surface area (Å²) < 4.78 is 0. The highest BCUT2D eigenvalue weighted by Gasteiger charge is 2.30. The molecule has 2 heteroatoms. The summed E-state index contributed by atoms with van der Waals surface area (Å²) in [5.74, 6) is 0. The second-order valence-electron chi connectivity index (χ2n) is 6.51. The highest BCUT2D eigenvalue weighted by molar-refractivity contribution is 4.87. The molecule has 1 unspecified atom stereocenters. The number of hydrogen-bond acceptors (Lipinski definition) is 2. The molecule has 0 saturated carbocycles. The molecule has 0 aromatic heterocycles. The Labute approximate surface area is 101 Å². The van der Waals surface area contributed by atoms with Crippen LogP contribution in [0.15, 0.2) is 0 Å². The zero-order chi connectivity index (χ0) is 11.6. The summed E-state index contributed by atoms with van der Waals surface area (Å²) in [7, 11) is 0. The van der Waals surface area contributed by atoms with Gasteiger partial charge in [0.25, 0.3) is 0 Å². The fourth-order valence-corrected chi connectivity index (χ4v) is 3.15. The van der Waals surface area contributed by atoms with E-state index in [1.807, 2.05) is 0 Å². The quantitative estimate of drug-likeness (QED) is 0.676. The van der Waals surface area contributed by atoms with Gasteiger partial charge < -0.3 is 0 Å². The molecule has 2 nitrogen and oxygen atoms in total. The summed E-state index contributed by atoms with van der Waals surface area (Å²) in [5, 5.41) is 0. The maximum Gasteiger partial charge on any atom is 0.0223 e. The minimum atomic E-state index is 0.356. The Bertz CT molecular complexity index is 213. The van der Waals surface area contributed by atoms with Gasteiger partial charge in [0.15, 0.2) is 0 Å². The number of piperidine rings is 2. The van der Waals surface area contributed by atoms with Crippen molar-refractivity contribution < 1.29 is 0 Å². The van der Waals surface area contributed by atoms with E-state index in [9.17, 15) is 0 Å². The first-order valence-electron chi connectivity index (χ1n) is 7.06. The first-order valence-corrected chi connectivity index (χ1v) is 7.06. The fourth-order valence-electron chi connectivity index (χ4n) is 3.15. The molecule has 0 aromatic carbocycles. The Morgan fingerprint density at radius 3 is 2.19 bits per heavy atom. The molecule has 2 aliphatic rings. The van der Waals surface area contributed by atoms with Crippen molar-refractivity contribution in [3.63, 3.8) is 0 Å². The van der Waals surface area contributed by atoms with E-state index in [0.717, 1.165) is 6.04 Å². The molecule has 0 aliphatic carbocycles. The van der Waals surface area contributed by atoms with E-state index in [1.165, 1.54) is 58.3 Å². The minimum absolute atomic E-state index is 0.356. The second kappa shape index (κ2) is 5.05. The van der Waals surface area contributed by atoms with Crippen LogP contribution in [0.3, 0.4) is 0 Å². The van der Waals surface area contributed by atoms with Crippen LogP contribution in [0.25, 0.3) is 0 Å². The number of likely N-dealkylation sites (tertiary alicyclic amines) is 2. The van der Waals surface area contributed by atoms with Crippen molar-refractivity contribution in [3.8, 4) is 0 Å². The van der Waals surface area contributed by atoms with Crippen LogP contribution in [0.2, 0.25) is 0 Å². The van der Waals surface area contributed by atoms with E-state index in [-0.39, 0.29) is 0 Å². The standard InChI is InChI=1S/C14H28N2/c1-14(2,3)16-11-7-8-13(12-16)15-9-5-4-6-10-15/h13H,4-12H2,1-3H3. The highest BCUT2D eigenvalue weighted by atomic mass is 15.3. The van der Waals surface area contributed by atoms with Crippen LogP contribution in [0, 0.1) is 0 Å². The van der Waals surface area contributed by atoms with Gasteiger partial charge in [0.05, 0.1) is 0 Å². The van der Waals surface area contributed by atoms with E-state index in [2.05, 4.69) is 30.6 Å². The molecule has 2 fully saturated rings. The lowest BCUT2D eigenvalue weighted by atomic mass is 9.96. The highest BCUT2D eigenvalue weighted by Crippen LogP contribution is 2.24.